The molecule has 0 amide bonds. The maximum absolute atomic E-state index is 10.2. The van der Waals surface area contributed by atoms with Crippen LogP contribution in [-0.2, 0) is 48.0 Å². The summed E-state index contributed by atoms with van der Waals surface area (Å²) in [4.78, 5) is 10.2. The molecule has 0 spiro atoms. The van der Waals surface area contributed by atoms with E-state index in [1.54, 1.807) is 0 Å². The average Bonchev–Trinajstić information content (AvgIpc) is 4.05. The molecule has 0 aromatic heterocycles. The van der Waals surface area contributed by atoms with Gasteiger partial charge in [0, 0.05) is 55.8 Å². The zero-order chi connectivity index (χ0) is 44.4. The van der Waals surface area contributed by atoms with Crippen LogP contribution in [0.5, 0.6) is 0 Å². The minimum absolute atomic E-state index is 0. The normalized spacial score (nSPS) is 16.8. The molecular formula is C53H108Fe2N4O4P2. The van der Waals surface area contributed by atoms with Gasteiger partial charge in [-0.25, -0.2) is 0 Å². The summed E-state index contributed by atoms with van der Waals surface area (Å²) in [6, 6.07) is 6.41. The van der Waals surface area contributed by atoms with E-state index in [0.29, 0.717) is 49.3 Å². The van der Waals surface area contributed by atoms with Crippen LogP contribution in [0.1, 0.15) is 224 Å². The molecule has 4 aliphatic carbocycles. The summed E-state index contributed by atoms with van der Waals surface area (Å²) < 4.78 is 17.1. The van der Waals surface area contributed by atoms with Gasteiger partial charge in [0.15, 0.2) is 0 Å². The van der Waals surface area contributed by atoms with Crippen LogP contribution >= 0.6 is 16.6 Å². The summed E-state index contributed by atoms with van der Waals surface area (Å²) in [7, 11) is -1.22. The molecule has 2 unspecified atom stereocenters. The fourth-order valence-electron chi connectivity index (χ4n) is 8.99. The molecule has 0 radical (unpaired) electrons. The van der Waals surface area contributed by atoms with Gasteiger partial charge in [-0.15, -0.1) is 0 Å². The summed E-state index contributed by atoms with van der Waals surface area (Å²) in [5, 5.41) is 25.9. The zero-order valence-corrected chi connectivity index (χ0v) is 49.3. The number of unbranched alkanes of at least 4 members (excludes halogenated alkanes) is 1. The van der Waals surface area contributed by atoms with Crippen LogP contribution in [0.3, 0.4) is 0 Å². The second-order valence-electron chi connectivity index (χ2n) is 18.6. The van der Waals surface area contributed by atoms with Crippen LogP contribution in [-0.4, -0.2) is 70.1 Å². The molecule has 4 rings (SSSR count). The van der Waals surface area contributed by atoms with E-state index < -0.39 is 22.6 Å². The molecule has 12 heteroatoms. The van der Waals surface area contributed by atoms with Crippen molar-refractivity contribution in [2.45, 2.75) is 248 Å². The summed E-state index contributed by atoms with van der Waals surface area (Å²) in [5.74, 6) is 2.80. The summed E-state index contributed by atoms with van der Waals surface area (Å²) in [5.41, 5.74) is 0. The van der Waals surface area contributed by atoms with Gasteiger partial charge < -0.3 is 43.9 Å². The summed E-state index contributed by atoms with van der Waals surface area (Å²) in [6.07, 6.45) is 30.6. The Labute approximate surface area is 432 Å². The first kappa shape index (κ1) is 79.3. The van der Waals surface area contributed by atoms with E-state index in [4.69, 9.17) is 24.7 Å². The van der Waals surface area contributed by atoms with Crippen molar-refractivity contribution in [2.75, 3.05) is 25.5 Å². The topological polar surface area (TPSA) is 110 Å². The van der Waals surface area contributed by atoms with E-state index in [-0.39, 0.29) is 63.8 Å². The maximum atomic E-state index is 10.2. The number of hydrogen-bond acceptors (Lipinski definition) is 7. The smallest absolute Gasteiger partial charge is 0.481 e. The quantitative estimate of drug-likeness (QED) is 0.0524. The molecule has 0 aromatic carbocycles. The number of aliphatic carboxylic acids is 1. The Kier molecular flexibility index (Phi) is 63.5. The first-order chi connectivity index (χ1) is 28.2. The fraction of sp³-hybridized carbons (Fsp3) is 0.868. The number of nitrogens with zero attached hydrogens (tertiary/aromatic N) is 4. The van der Waals surface area contributed by atoms with Crippen LogP contribution in [0.2, 0.25) is 0 Å². The molecule has 1 N–H and O–H groups in total. The Hall–Kier alpha value is 0.189. The van der Waals surface area contributed by atoms with E-state index in [2.05, 4.69) is 97.6 Å². The van der Waals surface area contributed by atoms with Crippen LogP contribution in [0.25, 0.3) is 0 Å². The molecule has 4 aliphatic rings. The van der Waals surface area contributed by atoms with E-state index in [9.17, 15) is 4.79 Å². The van der Waals surface area contributed by atoms with Crippen molar-refractivity contribution in [3.05, 3.63) is 29.7 Å². The predicted molar refractivity (Wildman–Crippen MR) is 281 cm³/mol. The van der Waals surface area contributed by atoms with Crippen LogP contribution < -0.4 is 0 Å². The molecule has 0 bridgehead atoms. The van der Waals surface area contributed by atoms with Gasteiger partial charge in [0.2, 0.25) is 0 Å². The number of carboxylic acid groups (broad SMARTS) is 1. The third-order valence-electron chi connectivity index (χ3n) is 12.2. The fourth-order valence-corrected chi connectivity index (χ4v) is 13.3. The molecule has 0 saturated heterocycles. The van der Waals surface area contributed by atoms with Crippen molar-refractivity contribution in [3.8, 4) is 12.1 Å². The van der Waals surface area contributed by atoms with Crippen molar-refractivity contribution >= 4 is 22.6 Å². The summed E-state index contributed by atoms with van der Waals surface area (Å²) >= 11 is 0. The Morgan fingerprint density at radius 2 is 0.877 bits per heavy atom. The number of nitriles is 2. The number of carbonyl (C=O) groups is 1. The Bertz CT molecular complexity index is 1040. The van der Waals surface area contributed by atoms with Crippen molar-refractivity contribution < 1.29 is 53.1 Å². The van der Waals surface area contributed by atoms with Gasteiger partial charge in [-0.05, 0) is 111 Å². The van der Waals surface area contributed by atoms with E-state index in [1.807, 2.05) is 0 Å². The summed E-state index contributed by atoms with van der Waals surface area (Å²) in [6.45, 7) is 26.2. The molecule has 4 saturated carbocycles. The Morgan fingerprint density at radius 1 is 0.569 bits per heavy atom. The average molecular weight is 1040 g/mol. The maximum Gasteiger partial charge on any atom is 2.00 e. The molecule has 65 heavy (non-hydrogen) atoms. The number of carboxylic acids is 1. The monoisotopic (exact) mass is 1040 g/mol. The first-order valence-electron chi connectivity index (χ1n) is 24.6. The van der Waals surface area contributed by atoms with Crippen molar-refractivity contribution in [3.63, 3.8) is 0 Å². The minimum Gasteiger partial charge on any atom is -0.481 e. The van der Waals surface area contributed by atoms with E-state index in [0.717, 1.165) is 69.0 Å². The van der Waals surface area contributed by atoms with Gasteiger partial charge in [-0.1, -0.05) is 117 Å². The predicted octanol–water partition coefficient (Wildman–Crippen LogP) is 17.3. The Morgan fingerprint density at radius 3 is 1.14 bits per heavy atom. The van der Waals surface area contributed by atoms with E-state index in [1.165, 1.54) is 103 Å². The van der Waals surface area contributed by atoms with Gasteiger partial charge >= 0.3 is 40.1 Å². The molecule has 4 fully saturated rings. The van der Waals surface area contributed by atoms with Gasteiger partial charge in [-0.2, -0.15) is 10.5 Å². The standard InChI is InChI=1S/C15H29N2OP.C13H27N2OP.C7H12O2.2C7H14.4CH3.2Fe/c1-13(2)17(14(3)4)19(11-7-10-16)18-12-15-8-5-6-9-15;1-6-7-10-16-17(11-8-9-14)15(12(2)3)13(4)5;8-7(9)5-6-3-1-2-4-6;2*1-2-7-5-3-4-6-7;;;;;;/h13-15H,5-9,11-12H2,1-4H3;12-13H,6-8,10-11H2,1-5H3;6H,1-5H2,(H,8,9);2*7H,2-6H2,1H3;4*1H3;;/q;;;;;4*-1;2*+2. The van der Waals surface area contributed by atoms with Crippen molar-refractivity contribution in [1.29, 1.82) is 10.5 Å². The second-order valence-corrected chi connectivity index (χ2v) is 22.3. The van der Waals surface area contributed by atoms with Crippen LogP contribution in [0.4, 0.5) is 0 Å². The third-order valence-corrected chi connectivity index (χ3v) is 17.2. The SMILES string of the molecule is CC(C)N(C(C)C)P(CCC#N)OCC1CCCC1.CCC1CCCC1.CCC1CCCC1.CCCCOP(CCC#N)N(C(C)C)C(C)C.O=C(O)CC1CCCC1.[CH3-].[CH3-].[CH3-].[CH3-].[Fe+2].[Fe+2]. The third kappa shape index (κ3) is 40.6. The largest absolute Gasteiger partial charge is 2.00 e. The van der Waals surface area contributed by atoms with Gasteiger partial charge in [-0.3, -0.25) is 14.1 Å². The van der Waals surface area contributed by atoms with Crippen molar-refractivity contribution in [2.24, 2.45) is 23.7 Å². The second kappa shape index (κ2) is 52.0. The van der Waals surface area contributed by atoms with Gasteiger partial charge in [0.25, 0.3) is 0 Å². The van der Waals surface area contributed by atoms with E-state index >= 15 is 0 Å². The molecule has 0 aromatic rings. The van der Waals surface area contributed by atoms with Crippen LogP contribution in [0, 0.1) is 76.0 Å². The number of rotatable bonds is 21. The molecule has 0 heterocycles. The minimum atomic E-state index is -0.637. The van der Waals surface area contributed by atoms with Gasteiger partial charge in [0.1, 0.15) is 16.6 Å². The Balaban J connectivity index is -0.000000133. The number of hydrogen-bond donors (Lipinski definition) is 1. The molecule has 0 aliphatic heterocycles. The van der Waals surface area contributed by atoms with Gasteiger partial charge in [0.05, 0.1) is 25.4 Å². The molecule has 8 nitrogen and oxygen atoms in total. The molecule has 2 atom stereocenters. The van der Waals surface area contributed by atoms with Crippen LogP contribution in [0.15, 0.2) is 0 Å². The first-order valence-corrected chi connectivity index (χ1v) is 27.4. The molecular weight excluding hydrogens is 930 g/mol. The molecule has 390 valence electrons. The van der Waals surface area contributed by atoms with Crippen molar-refractivity contribution in [1.82, 2.24) is 9.34 Å². The zero-order valence-electron chi connectivity index (χ0n) is 45.3.